The predicted molar refractivity (Wildman–Crippen MR) is 63.5 cm³/mol. The molecule has 0 aliphatic heterocycles. The second kappa shape index (κ2) is 5.04. The van der Waals surface area contributed by atoms with Crippen LogP contribution in [0.15, 0.2) is 36.4 Å². The van der Waals surface area contributed by atoms with Crippen LogP contribution in [0, 0.1) is 18.6 Å². The van der Waals surface area contributed by atoms with Crippen molar-refractivity contribution in [3.63, 3.8) is 0 Å². The number of rotatable bonds is 3. The lowest BCUT2D eigenvalue weighted by atomic mass is 10.2. The van der Waals surface area contributed by atoms with E-state index < -0.39 is 11.6 Å². The topological polar surface area (TPSA) is 29.5 Å². The third-order valence-electron chi connectivity index (χ3n) is 2.63. The van der Waals surface area contributed by atoms with Gasteiger partial charge in [0.15, 0.2) is 11.6 Å². The fraction of sp³-hybridized carbons (Fsp3) is 0.143. The number of hydrogen-bond donors (Lipinski definition) is 1. The Labute approximate surface area is 103 Å². The molecular formula is C14H12F2O2. The summed E-state index contributed by atoms with van der Waals surface area (Å²) in [6, 6.07) is 8.52. The maximum atomic E-state index is 13.0. The summed E-state index contributed by atoms with van der Waals surface area (Å²) in [6.07, 6.45) is 0. The fourth-order valence-corrected chi connectivity index (χ4v) is 1.55. The molecule has 0 fully saturated rings. The molecule has 0 spiro atoms. The molecule has 0 aromatic heterocycles. The molecule has 2 aromatic carbocycles. The highest BCUT2D eigenvalue weighted by Gasteiger charge is 2.06. The molecule has 0 aliphatic carbocycles. The summed E-state index contributed by atoms with van der Waals surface area (Å²) in [5.74, 6) is -1.13. The van der Waals surface area contributed by atoms with Crippen LogP contribution in [-0.2, 0) is 6.61 Å². The molecule has 4 heteroatoms. The molecule has 18 heavy (non-hydrogen) atoms. The van der Waals surface area contributed by atoms with E-state index in [1.807, 2.05) is 0 Å². The Hall–Kier alpha value is -2.10. The lowest BCUT2D eigenvalue weighted by Crippen LogP contribution is -1.98. The number of aromatic hydroxyl groups is 1. The molecule has 0 aliphatic rings. The molecule has 1 N–H and O–H groups in total. The van der Waals surface area contributed by atoms with E-state index >= 15 is 0 Å². The van der Waals surface area contributed by atoms with Crippen molar-refractivity contribution in [2.45, 2.75) is 13.5 Å². The zero-order valence-corrected chi connectivity index (χ0v) is 9.78. The van der Waals surface area contributed by atoms with Crippen LogP contribution in [-0.4, -0.2) is 5.11 Å². The minimum absolute atomic E-state index is 0.113. The van der Waals surface area contributed by atoms with Gasteiger partial charge in [-0.05, 0) is 36.8 Å². The Kier molecular flexibility index (Phi) is 3.46. The maximum Gasteiger partial charge on any atom is 0.159 e. The third kappa shape index (κ3) is 2.59. The minimum Gasteiger partial charge on any atom is -0.508 e. The standard InChI is InChI=1S/C14H12F2O2/c1-9-13(17)3-2-4-14(9)18-8-10-5-6-11(15)12(16)7-10/h2-7,17H,8H2,1H3. The van der Waals surface area contributed by atoms with Gasteiger partial charge in [-0.2, -0.15) is 0 Å². The average molecular weight is 250 g/mol. The van der Waals surface area contributed by atoms with E-state index in [-0.39, 0.29) is 12.4 Å². The van der Waals surface area contributed by atoms with Crippen molar-refractivity contribution in [1.82, 2.24) is 0 Å². The van der Waals surface area contributed by atoms with Gasteiger partial charge in [0.25, 0.3) is 0 Å². The number of benzene rings is 2. The molecule has 0 bridgehead atoms. The molecule has 0 atom stereocenters. The van der Waals surface area contributed by atoms with E-state index in [9.17, 15) is 13.9 Å². The zero-order chi connectivity index (χ0) is 13.1. The molecule has 0 amide bonds. The molecule has 2 aromatic rings. The van der Waals surface area contributed by atoms with Crippen molar-refractivity contribution in [2.75, 3.05) is 0 Å². The highest BCUT2D eigenvalue weighted by atomic mass is 19.2. The molecule has 0 saturated carbocycles. The average Bonchev–Trinajstić information content (AvgIpc) is 2.35. The second-order valence-electron chi connectivity index (χ2n) is 3.94. The van der Waals surface area contributed by atoms with Gasteiger partial charge < -0.3 is 9.84 Å². The van der Waals surface area contributed by atoms with Gasteiger partial charge in [0.2, 0.25) is 0 Å². The van der Waals surface area contributed by atoms with Gasteiger partial charge in [-0.15, -0.1) is 0 Å². The van der Waals surface area contributed by atoms with Gasteiger partial charge in [0.05, 0.1) is 0 Å². The molecule has 0 heterocycles. The van der Waals surface area contributed by atoms with Crippen molar-refractivity contribution in [1.29, 1.82) is 0 Å². The van der Waals surface area contributed by atoms with Gasteiger partial charge in [-0.1, -0.05) is 12.1 Å². The zero-order valence-electron chi connectivity index (χ0n) is 9.78. The van der Waals surface area contributed by atoms with Crippen LogP contribution < -0.4 is 4.74 Å². The first kappa shape index (κ1) is 12.4. The Bertz CT molecular complexity index is 568. The summed E-state index contributed by atoms with van der Waals surface area (Å²) >= 11 is 0. The van der Waals surface area contributed by atoms with E-state index in [2.05, 4.69) is 0 Å². The fourth-order valence-electron chi connectivity index (χ4n) is 1.55. The lowest BCUT2D eigenvalue weighted by Gasteiger charge is -2.10. The highest BCUT2D eigenvalue weighted by molar-refractivity contribution is 5.42. The van der Waals surface area contributed by atoms with Gasteiger partial charge >= 0.3 is 0 Å². The first-order valence-corrected chi connectivity index (χ1v) is 5.43. The van der Waals surface area contributed by atoms with Crippen LogP contribution in [0.2, 0.25) is 0 Å². The molecule has 0 radical (unpaired) electrons. The number of phenols is 1. The van der Waals surface area contributed by atoms with Crippen molar-refractivity contribution < 1.29 is 18.6 Å². The van der Waals surface area contributed by atoms with Crippen LogP contribution >= 0.6 is 0 Å². The number of halogens is 2. The predicted octanol–water partition coefficient (Wildman–Crippen LogP) is 3.56. The van der Waals surface area contributed by atoms with E-state index in [1.54, 1.807) is 25.1 Å². The number of hydrogen-bond acceptors (Lipinski definition) is 2. The molecular weight excluding hydrogens is 238 g/mol. The van der Waals surface area contributed by atoms with E-state index in [0.717, 1.165) is 12.1 Å². The normalized spacial score (nSPS) is 10.4. The van der Waals surface area contributed by atoms with Crippen LogP contribution in [0.3, 0.4) is 0 Å². The Morgan fingerprint density at radius 1 is 1.11 bits per heavy atom. The summed E-state index contributed by atoms with van der Waals surface area (Å²) in [7, 11) is 0. The summed E-state index contributed by atoms with van der Waals surface area (Å²) < 4.78 is 31.2. The monoisotopic (exact) mass is 250 g/mol. The van der Waals surface area contributed by atoms with Crippen LogP contribution in [0.1, 0.15) is 11.1 Å². The minimum atomic E-state index is -0.899. The Morgan fingerprint density at radius 3 is 2.61 bits per heavy atom. The first-order valence-electron chi connectivity index (χ1n) is 5.43. The van der Waals surface area contributed by atoms with Gasteiger partial charge in [-0.25, -0.2) is 8.78 Å². The van der Waals surface area contributed by atoms with E-state index in [4.69, 9.17) is 4.74 Å². The summed E-state index contributed by atoms with van der Waals surface area (Å²) in [5.41, 5.74) is 1.14. The van der Waals surface area contributed by atoms with Crippen molar-refractivity contribution >= 4 is 0 Å². The van der Waals surface area contributed by atoms with Crippen LogP contribution in [0.25, 0.3) is 0 Å². The first-order chi connectivity index (χ1) is 8.58. The maximum absolute atomic E-state index is 13.0. The largest absolute Gasteiger partial charge is 0.508 e. The lowest BCUT2D eigenvalue weighted by molar-refractivity contribution is 0.300. The number of phenolic OH excluding ortho intramolecular Hbond substituents is 1. The molecule has 2 rings (SSSR count). The van der Waals surface area contributed by atoms with Crippen molar-refractivity contribution in [2.24, 2.45) is 0 Å². The van der Waals surface area contributed by atoms with Crippen molar-refractivity contribution in [3.05, 3.63) is 59.2 Å². The molecule has 94 valence electrons. The summed E-state index contributed by atoms with van der Waals surface area (Å²) in [5, 5.41) is 9.49. The van der Waals surface area contributed by atoms with E-state index in [1.165, 1.54) is 6.07 Å². The second-order valence-corrected chi connectivity index (χ2v) is 3.94. The Balaban J connectivity index is 2.11. The third-order valence-corrected chi connectivity index (χ3v) is 2.63. The highest BCUT2D eigenvalue weighted by Crippen LogP contribution is 2.26. The molecule has 2 nitrogen and oxygen atoms in total. The number of ether oxygens (including phenoxy) is 1. The van der Waals surface area contributed by atoms with E-state index in [0.29, 0.717) is 16.9 Å². The summed E-state index contributed by atoms with van der Waals surface area (Å²) in [6.45, 7) is 1.83. The van der Waals surface area contributed by atoms with Gasteiger partial charge in [0.1, 0.15) is 18.1 Å². The molecule has 0 unspecified atom stereocenters. The Morgan fingerprint density at radius 2 is 1.89 bits per heavy atom. The quantitative estimate of drug-likeness (QED) is 0.902. The summed E-state index contributed by atoms with van der Waals surface area (Å²) in [4.78, 5) is 0. The van der Waals surface area contributed by atoms with Crippen LogP contribution in [0.4, 0.5) is 8.78 Å². The smallest absolute Gasteiger partial charge is 0.159 e. The van der Waals surface area contributed by atoms with Crippen LogP contribution in [0.5, 0.6) is 11.5 Å². The van der Waals surface area contributed by atoms with Gasteiger partial charge in [-0.3, -0.25) is 0 Å². The SMILES string of the molecule is Cc1c(O)cccc1OCc1ccc(F)c(F)c1. The van der Waals surface area contributed by atoms with Gasteiger partial charge in [0, 0.05) is 5.56 Å². The molecule has 0 saturated heterocycles. The van der Waals surface area contributed by atoms with Crippen molar-refractivity contribution in [3.8, 4) is 11.5 Å².